The molecule has 160 valence electrons. The lowest BCUT2D eigenvalue weighted by Gasteiger charge is -2.22. The lowest BCUT2D eigenvalue weighted by Crippen LogP contribution is -2.35. The molecule has 2 aliphatic rings. The molecule has 31 heavy (non-hydrogen) atoms. The maximum absolute atomic E-state index is 12.6. The molecule has 0 radical (unpaired) electrons. The zero-order chi connectivity index (χ0) is 21.5. The van der Waals surface area contributed by atoms with Gasteiger partial charge in [-0.25, -0.2) is 9.97 Å². The van der Waals surface area contributed by atoms with Crippen molar-refractivity contribution in [3.8, 4) is 0 Å². The molecule has 5 rings (SSSR count). The van der Waals surface area contributed by atoms with Gasteiger partial charge in [-0.05, 0) is 48.4 Å². The third-order valence-corrected chi connectivity index (χ3v) is 7.92. The normalized spacial score (nSPS) is 17.6. The van der Waals surface area contributed by atoms with Gasteiger partial charge in [-0.15, -0.1) is 11.3 Å². The average molecular weight is 453 g/mol. The summed E-state index contributed by atoms with van der Waals surface area (Å²) in [5.41, 5.74) is 3.27. The molecule has 1 atom stereocenters. The maximum atomic E-state index is 12.6. The van der Waals surface area contributed by atoms with E-state index in [1.807, 2.05) is 18.2 Å². The zero-order valence-electron chi connectivity index (χ0n) is 17.5. The molecule has 1 aliphatic heterocycles. The summed E-state index contributed by atoms with van der Waals surface area (Å²) < 4.78 is 0. The Bertz CT molecular complexity index is 1190. The Kier molecular flexibility index (Phi) is 5.44. The second-order valence-electron chi connectivity index (χ2n) is 8.58. The molecule has 0 saturated heterocycles. The largest absolute Gasteiger partial charge is 0.356 e. The number of nitrogens with one attached hydrogen (secondary N) is 2. The van der Waals surface area contributed by atoms with Crippen molar-refractivity contribution in [2.75, 3.05) is 11.9 Å². The first-order valence-electron chi connectivity index (χ1n) is 10.6. The molecule has 2 aromatic heterocycles. The second-order valence-corrected chi connectivity index (χ2v) is 10.8. The Morgan fingerprint density at radius 2 is 2.16 bits per heavy atom. The number of fused-ring (bicyclic) bond motifs is 4. The standard InChI is InChI=1S/C23H24N4O2S2/c1-12(2)10-24-22(29)14-4-6-16-18(7-14)31-23-20(16)21(25-11-26-23)27-15-5-3-13-8-19(28)30-17(13)9-15/h3,5,9,11-12,14H,4,6-8,10H2,1-2H3,(H,24,29)(H,25,26,27). The van der Waals surface area contributed by atoms with Crippen LogP contribution in [-0.4, -0.2) is 27.5 Å². The van der Waals surface area contributed by atoms with Gasteiger partial charge >= 0.3 is 0 Å². The van der Waals surface area contributed by atoms with Crippen LogP contribution in [0.15, 0.2) is 29.4 Å². The third-order valence-electron chi connectivity index (χ3n) is 5.79. The Morgan fingerprint density at radius 1 is 1.29 bits per heavy atom. The number of rotatable bonds is 5. The number of carbonyl (C=O) groups excluding carboxylic acids is 2. The molecule has 0 spiro atoms. The first-order valence-corrected chi connectivity index (χ1v) is 12.2. The van der Waals surface area contributed by atoms with Gasteiger partial charge in [0, 0.05) is 34.3 Å². The van der Waals surface area contributed by atoms with Gasteiger partial charge in [0.25, 0.3) is 0 Å². The predicted octanol–water partition coefficient (Wildman–Crippen LogP) is 4.49. The van der Waals surface area contributed by atoms with Crippen molar-refractivity contribution in [1.82, 2.24) is 15.3 Å². The number of aromatic nitrogens is 2. The topological polar surface area (TPSA) is 84.0 Å². The number of hydrogen-bond acceptors (Lipinski definition) is 7. The van der Waals surface area contributed by atoms with Crippen molar-refractivity contribution >= 4 is 55.8 Å². The molecular formula is C23H24N4O2S2. The van der Waals surface area contributed by atoms with Crippen LogP contribution in [0.5, 0.6) is 0 Å². The molecule has 0 bridgehead atoms. The van der Waals surface area contributed by atoms with Crippen molar-refractivity contribution in [2.24, 2.45) is 11.8 Å². The number of carbonyl (C=O) groups is 2. The monoisotopic (exact) mass is 452 g/mol. The fraction of sp³-hybridized carbons (Fsp3) is 0.391. The van der Waals surface area contributed by atoms with Crippen LogP contribution in [0.3, 0.4) is 0 Å². The van der Waals surface area contributed by atoms with Crippen LogP contribution in [0, 0.1) is 11.8 Å². The van der Waals surface area contributed by atoms with E-state index >= 15 is 0 Å². The molecule has 1 amide bonds. The van der Waals surface area contributed by atoms with Gasteiger partial charge in [-0.3, -0.25) is 9.59 Å². The summed E-state index contributed by atoms with van der Waals surface area (Å²) in [7, 11) is 0. The van der Waals surface area contributed by atoms with E-state index in [1.54, 1.807) is 17.7 Å². The minimum absolute atomic E-state index is 0.0231. The quantitative estimate of drug-likeness (QED) is 0.594. The maximum Gasteiger partial charge on any atom is 0.223 e. The average Bonchev–Trinajstić information content (AvgIpc) is 3.30. The Morgan fingerprint density at radius 3 is 3.00 bits per heavy atom. The first kappa shape index (κ1) is 20.5. The summed E-state index contributed by atoms with van der Waals surface area (Å²) in [5, 5.41) is 7.78. The van der Waals surface area contributed by atoms with Crippen LogP contribution in [0.1, 0.15) is 36.3 Å². The van der Waals surface area contributed by atoms with E-state index in [-0.39, 0.29) is 16.9 Å². The van der Waals surface area contributed by atoms with Crippen LogP contribution in [0.25, 0.3) is 10.2 Å². The van der Waals surface area contributed by atoms with Crippen molar-refractivity contribution < 1.29 is 9.59 Å². The molecule has 8 heteroatoms. The van der Waals surface area contributed by atoms with Crippen molar-refractivity contribution in [1.29, 1.82) is 0 Å². The number of hydrogen-bond donors (Lipinski definition) is 2. The number of anilines is 2. The molecule has 0 fully saturated rings. The van der Waals surface area contributed by atoms with E-state index in [2.05, 4.69) is 34.4 Å². The summed E-state index contributed by atoms with van der Waals surface area (Å²) in [6, 6.07) is 6.03. The van der Waals surface area contributed by atoms with Crippen LogP contribution in [0.2, 0.25) is 0 Å². The van der Waals surface area contributed by atoms with Gasteiger partial charge in [0.15, 0.2) is 5.12 Å². The van der Waals surface area contributed by atoms with E-state index in [0.717, 1.165) is 58.0 Å². The Labute approximate surface area is 189 Å². The zero-order valence-corrected chi connectivity index (χ0v) is 19.2. The highest BCUT2D eigenvalue weighted by Gasteiger charge is 2.29. The molecule has 3 heterocycles. The van der Waals surface area contributed by atoms with Crippen molar-refractivity contribution in [2.45, 2.75) is 44.4 Å². The molecule has 0 saturated carbocycles. The van der Waals surface area contributed by atoms with E-state index in [9.17, 15) is 9.59 Å². The number of thiophene rings is 1. The number of nitrogens with zero attached hydrogens (tertiary/aromatic N) is 2. The fourth-order valence-corrected chi connectivity index (χ4v) is 6.40. The fourth-order valence-electron chi connectivity index (χ4n) is 4.20. The highest BCUT2D eigenvalue weighted by molar-refractivity contribution is 8.14. The summed E-state index contributed by atoms with van der Waals surface area (Å²) in [4.78, 5) is 36.5. The van der Waals surface area contributed by atoms with E-state index in [0.29, 0.717) is 12.3 Å². The van der Waals surface area contributed by atoms with Gasteiger partial charge in [0.05, 0.1) is 5.39 Å². The van der Waals surface area contributed by atoms with Crippen LogP contribution in [0.4, 0.5) is 11.5 Å². The Balaban J connectivity index is 1.40. The second kappa shape index (κ2) is 8.24. The molecule has 1 aromatic carbocycles. The molecule has 6 nitrogen and oxygen atoms in total. The number of amides is 1. The number of aryl methyl sites for hydroxylation is 1. The van der Waals surface area contributed by atoms with Crippen LogP contribution in [-0.2, 0) is 28.9 Å². The van der Waals surface area contributed by atoms with Gasteiger partial charge in [0.2, 0.25) is 5.91 Å². The van der Waals surface area contributed by atoms with E-state index in [1.165, 1.54) is 22.2 Å². The lowest BCUT2D eigenvalue weighted by atomic mass is 9.87. The SMILES string of the molecule is CC(C)CNC(=O)C1CCc2c(sc3ncnc(Nc4ccc5c(c4)SC(=O)C5)c23)C1. The molecular weight excluding hydrogens is 428 g/mol. The van der Waals surface area contributed by atoms with Crippen LogP contribution >= 0.6 is 23.1 Å². The molecule has 1 aliphatic carbocycles. The summed E-state index contributed by atoms with van der Waals surface area (Å²) in [6.07, 6.45) is 4.55. The third kappa shape index (κ3) is 4.06. The summed E-state index contributed by atoms with van der Waals surface area (Å²) >= 11 is 2.98. The predicted molar refractivity (Wildman–Crippen MR) is 125 cm³/mol. The number of benzene rings is 1. The minimum Gasteiger partial charge on any atom is -0.356 e. The Hall–Kier alpha value is -2.45. The lowest BCUT2D eigenvalue weighted by molar-refractivity contribution is -0.125. The van der Waals surface area contributed by atoms with Crippen LogP contribution < -0.4 is 10.6 Å². The van der Waals surface area contributed by atoms with Gasteiger partial charge < -0.3 is 10.6 Å². The smallest absolute Gasteiger partial charge is 0.223 e. The highest BCUT2D eigenvalue weighted by atomic mass is 32.2. The molecule has 2 N–H and O–H groups in total. The first-order chi connectivity index (χ1) is 15.0. The van der Waals surface area contributed by atoms with E-state index < -0.39 is 0 Å². The molecule has 3 aromatic rings. The van der Waals surface area contributed by atoms with Gasteiger partial charge in [-0.2, -0.15) is 0 Å². The summed E-state index contributed by atoms with van der Waals surface area (Å²) in [6.45, 7) is 4.94. The van der Waals surface area contributed by atoms with E-state index in [4.69, 9.17) is 0 Å². The minimum atomic E-state index is 0.0231. The van der Waals surface area contributed by atoms with Gasteiger partial charge in [-0.1, -0.05) is 31.7 Å². The highest BCUT2D eigenvalue weighted by Crippen LogP contribution is 2.41. The number of thioether (sulfide) groups is 1. The van der Waals surface area contributed by atoms with Crippen molar-refractivity contribution in [3.05, 3.63) is 40.5 Å². The van der Waals surface area contributed by atoms with Crippen molar-refractivity contribution in [3.63, 3.8) is 0 Å². The van der Waals surface area contributed by atoms with Gasteiger partial charge in [0.1, 0.15) is 17.0 Å². The molecule has 1 unspecified atom stereocenters. The summed E-state index contributed by atoms with van der Waals surface area (Å²) in [5.74, 6) is 1.42.